The van der Waals surface area contributed by atoms with E-state index in [2.05, 4.69) is 30.5 Å². The molecule has 2 heterocycles. The summed E-state index contributed by atoms with van der Waals surface area (Å²) in [6.07, 6.45) is 6.85. The molecule has 2 nitrogen and oxygen atoms in total. The normalized spacial score (nSPS) is 34.1. The van der Waals surface area contributed by atoms with Gasteiger partial charge in [0.05, 0.1) is 0 Å². The summed E-state index contributed by atoms with van der Waals surface area (Å²) in [6.45, 7) is 9.54. The summed E-state index contributed by atoms with van der Waals surface area (Å²) in [5.74, 6) is 1.36. The number of nitrogens with two attached hydrogens (primary N) is 1. The van der Waals surface area contributed by atoms with Crippen LogP contribution in [-0.2, 0) is 0 Å². The van der Waals surface area contributed by atoms with Crippen LogP contribution < -0.4 is 5.73 Å². The Hall–Kier alpha value is 0.270. The fourth-order valence-corrected chi connectivity index (χ4v) is 5.25. The number of rotatable bonds is 3. The predicted octanol–water partition coefficient (Wildman–Crippen LogP) is 2.72. The number of nitrogens with zero attached hydrogens (tertiary/aromatic N) is 1. The molecule has 2 saturated heterocycles. The minimum absolute atomic E-state index is 0.495. The predicted molar refractivity (Wildman–Crippen MR) is 77.5 cm³/mol. The third-order valence-electron chi connectivity index (χ3n) is 4.34. The summed E-state index contributed by atoms with van der Waals surface area (Å²) in [4.78, 5) is 2.67. The fraction of sp³-hybridized carbons (Fsp3) is 1.00. The fourth-order valence-electron chi connectivity index (χ4n) is 3.75. The molecule has 100 valence electrons. The van der Waals surface area contributed by atoms with E-state index in [1.807, 2.05) is 0 Å². The molecule has 1 unspecified atom stereocenters. The van der Waals surface area contributed by atoms with Gasteiger partial charge in [-0.05, 0) is 62.9 Å². The molecule has 0 radical (unpaired) electrons. The molecule has 2 aliphatic heterocycles. The van der Waals surface area contributed by atoms with Crippen molar-refractivity contribution in [3.63, 3.8) is 0 Å². The molecule has 2 N–H and O–H groups in total. The van der Waals surface area contributed by atoms with Crippen LogP contribution in [0.1, 0.15) is 46.0 Å². The van der Waals surface area contributed by atoms with Crippen LogP contribution in [0.2, 0.25) is 0 Å². The van der Waals surface area contributed by atoms with E-state index >= 15 is 0 Å². The van der Waals surface area contributed by atoms with Crippen molar-refractivity contribution in [3.05, 3.63) is 0 Å². The molecule has 0 aliphatic carbocycles. The smallest absolute Gasteiger partial charge is 0.0109 e. The van der Waals surface area contributed by atoms with Crippen molar-refractivity contribution in [2.24, 2.45) is 11.1 Å². The molecule has 2 rings (SSSR count). The maximum absolute atomic E-state index is 5.63. The van der Waals surface area contributed by atoms with E-state index in [0.29, 0.717) is 10.2 Å². The second kappa shape index (κ2) is 5.50. The Balaban J connectivity index is 1.94. The largest absolute Gasteiger partial charge is 0.330 e. The molecule has 1 spiro atoms. The van der Waals surface area contributed by atoms with Gasteiger partial charge in [0.1, 0.15) is 0 Å². The van der Waals surface area contributed by atoms with Crippen molar-refractivity contribution in [1.29, 1.82) is 0 Å². The zero-order valence-corrected chi connectivity index (χ0v) is 12.3. The van der Waals surface area contributed by atoms with E-state index in [-0.39, 0.29) is 0 Å². The minimum Gasteiger partial charge on any atom is -0.330 e. The molecule has 1 atom stereocenters. The lowest BCUT2D eigenvalue weighted by Crippen LogP contribution is -2.48. The van der Waals surface area contributed by atoms with Crippen LogP contribution in [0.5, 0.6) is 0 Å². The number of hydrogen-bond donors (Lipinski definition) is 1. The molecule has 0 aromatic rings. The van der Waals surface area contributed by atoms with E-state index in [1.54, 1.807) is 0 Å². The summed E-state index contributed by atoms with van der Waals surface area (Å²) < 4.78 is 0.495. The third-order valence-corrected chi connectivity index (χ3v) is 5.68. The van der Waals surface area contributed by atoms with Gasteiger partial charge in [0.2, 0.25) is 0 Å². The summed E-state index contributed by atoms with van der Waals surface area (Å²) >= 11 is 2.17. The topological polar surface area (TPSA) is 29.3 Å². The maximum Gasteiger partial charge on any atom is 0.0109 e. The van der Waals surface area contributed by atoms with Crippen molar-refractivity contribution in [1.82, 2.24) is 4.90 Å². The van der Waals surface area contributed by atoms with Gasteiger partial charge in [-0.15, -0.1) is 0 Å². The van der Waals surface area contributed by atoms with Crippen molar-refractivity contribution < 1.29 is 0 Å². The highest BCUT2D eigenvalue weighted by Gasteiger charge is 2.42. The number of hydrogen-bond acceptors (Lipinski definition) is 3. The average Bonchev–Trinajstić information content (AvgIpc) is 2.25. The van der Waals surface area contributed by atoms with E-state index < -0.39 is 0 Å². The molecular formula is C14H28N2S. The first-order valence-electron chi connectivity index (χ1n) is 7.12. The van der Waals surface area contributed by atoms with E-state index in [0.717, 1.165) is 13.0 Å². The van der Waals surface area contributed by atoms with Gasteiger partial charge < -0.3 is 10.6 Å². The first kappa shape index (κ1) is 13.7. The highest BCUT2D eigenvalue weighted by molar-refractivity contribution is 8.00. The van der Waals surface area contributed by atoms with Crippen molar-refractivity contribution >= 4 is 11.8 Å². The van der Waals surface area contributed by atoms with Crippen LogP contribution in [0, 0.1) is 5.41 Å². The SMILES string of the molecule is CC1(C)CC2(CCCN(CCCN)C2)CCS1. The third kappa shape index (κ3) is 3.62. The number of thioether (sulfide) groups is 1. The van der Waals surface area contributed by atoms with Crippen LogP contribution in [0.15, 0.2) is 0 Å². The standard InChI is InChI=1S/C14H28N2S/c1-13(2)11-14(6-10-17-13)5-3-8-16(12-14)9-4-7-15/h3-12,15H2,1-2H3. The molecule has 0 amide bonds. The molecule has 3 heteroatoms. The zero-order valence-electron chi connectivity index (χ0n) is 11.5. The quantitative estimate of drug-likeness (QED) is 0.842. The van der Waals surface area contributed by atoms with Crippen molar-refractivity contribution in [2.45, 2.75) is 50.7 Å². The highest BCUT2D eigenvalue weighted by atomic mass is 32.2. The Bertz CT molecular complexity index is 251. The molecule has 17 heavy (non-hydrogen) atoms. The lowest BCUT2D eigenvalue weighted by Gasteiger charge is -2.50. The molecule has 2 aliphatic rings. The summed E-state index contributed by atoms with van der Waals surface area (Å²) in [6, 6.07) is 0. The van der Waals surface area contributed by atoms with Gasteiger partial charge in [0.15, 0.2) is 0 Å². The van der Waals surface area contributed by atoms with Crippen molar-refractivity contribution in [3.8, 4) is 0 Å². The van der Waals surface area contributed by atoms with Crippen LogP contribution in [0.4, 0.5) is 0 Å². The van der Waals surface area contributed by atoms with Gasteiger partial charge >= 0.3 is 0 Å². The molecular weight excluding hydrogens is 228 g/mol. The van der Waals surface area contributed by atoms with Crippen LogP contribution in [0.25, 0.3) is 0 Å². The first-order chi connectivity index (χ1) is 8.05. The van der Waals surface area contributed by atoms with E-state index in [1.165, 1.54) is 51.1 Å². The second-order valence-corrected chi connectivity index (χ2v) is 8.36. The minimum atomic E-state index is 0.495. The highest BCUT2D eigenvalue weighted by Crippen LogP contribution is 2.49. The Morgan fingerprint density at radius 3 is 2.82 bits per heavy atom. The van der Waals surface area contributed by atoms with Crippen molar-refractivity contribution in [2.75, 3.05) is 31.9 Å². The molecule has 0 saturated carbocycles. The molecule has 0 aromatic carbocycles. The van der Waals surface area contributed by atoms with Gasteiger partial charge in [-0.2, -0.15) is 11.8 Å². The summed E-state index contributed by atoms with van der Waals surface area (Å²) in [5.41, 5.74) is 6.26. The maximum atomic E-state index is 5.63. The Morgan fingerprint density at radius 2 is 2.12 bits per heavy atom. The Kier molecular flexibility index (Phi) is 4.43. The number of piperidine rings is 1. The van der Waals surface area contributed by atoms with E-state index in [9.17, 15) is 0 Å². The Morgan fingerprint density at radius 1 is 1.29 bits per heavy atom. The Labute approximate surface area is 111 Å². The van der Waals surface area contributed by atoms with Gasteiger partial charge in [-0.3, -0.25) is 0 Å². The monoisotopic (exact) mass is 256 g/mol. The summed E-state index contributed by atoms with van der Waals surface area (Å²) in [7, 11) is 0. The lowest BCUT2D eigenvalue weighted by atomic mass is 9.71. The van der Waals surface area contributed by atoms with Crippen LogP contribution in [0.3, 0.4) is 0 Å². The van der Waals surface area contributed by atoms with Gasteiger partial charge in [-0.1, -0.05) is 13.8 Å². The van der Waals surface area contributed by atoms with Gasteiger partial charge in [-0.25, -0.2) is 0 Å². The first-order valence-corrected chi connectivity index (χ1v) is 8.10. The van der Waals surface area contributed by atoms with Gasteiger partial charge in [0.25, 0.3) is 0 Å². The summed E-state index contributed by atoms with van der Waals surface area (Å²) in [5, 5.41) is 0. The van der Waals surface area contributed by atoms with Crippen LogP contribution in [-0.4, -0.2) is 41.6 Å². The van der Waals surface area contributed by atoms with E-state index in [4.69, 9.17) is 5.73 Å². The van der Waals surface area contributed by atoms with Crippen LogP contribution >= 0.6 is 11.8 Å². The molecule has 0 aromatic heterocycles. The lowest BCUT2D eigenvalue weighted by molar-refractivity contribution is 0.0660. The second-order valence-electron chi connectivity index (χ2n) is 6.56. The molecule has 0 bridgehead atoms. The average molecular weight is 256 g/mol. The molecule has 2 fully saturated rings. The number of likely N-dealkylation sites (tertiary alicyclic amines) is 1. The zero-order chi connectivity index (χ0) is 12.4. The van der Waals surface area contributed by atoms with Gasteiger partial charge in [0, 0.05) is 11.3 Å².